The predicted molar refractivity (Wildman–Crippen MR) is 70.1 cm³/mol. The number of aliphatic hydroxyl groups is 1. The standard InChI is InChI=1S/C14H21NO4/c1-9-7-12(19-13(9)14(17)18)8-15-5-3-11(4-6-15)10(2)16/h7,10-11,16H,3-6,8H2,1-2H3,(H,17,18). The molecule has 0 spiro atoms. The molecule has 1 aromatic heterocycles. The number of aliphatic hydroxyl groups excluding tert-OH is 1. The number of carbonyl (C=O) groups is 1. The van der Waals surface area contributed by atoms with E-state index in [-0.39, 0.29) is 11.9 Å². The van der Waals surface area contributed by atoms with Crippen molar-refractivity contribution in [2.45, 2.75) is 39.3 Å². The van der Waals surface area contributed by atoms with Crippen molar-refractivity contribution >= 4 is 5.97 Å². The van der Waals surface area contributed by atoms with Crippen LogP contribution in [0.3, 0.4) is 0 Å². The van der Waals surface area contributed by atoms with Gasteiger partial charge in [0.25, 0.3) is 0 Å². The molecule has 1 unspecified atom stereocenters. The smallest absolute Gasteiger partial charge is 0.372 e. The summed E-state index contributed by atoms with van der Waals surface area (Å²) >= 11 is 0. The van der Waals surface area contributed by atoms with E-state index < -0.39 is 5.97 Å². The third kappa shape index (κ3) is 3.36. The van der Waals surface area contributed by atoms with E-state index in [4.69, 9.17) is 9.52 Å². The van der Waals surface area contributed by atoms with Crippen molar-refractivity contribution in [3.05, 3.63) is 23.2 Å². The normalized spacial score (nSPS) is 19.5. The molecular weight excluding hydrogens is 246 g/mol. The second kappa shape index (κ2) is 5.75. The fourth-order valence-corrected chi connectivity index (χ4v) is 2.65. The minimum Gasteiger partial charge on any atom is -0.475 e. The lowest BCUT2D eigenvalue weighted by atomic mass is 9.92. The van der Waals surface area contributed by atoms with Crippen LogP contribution in [0.1, 0.15) is 41.6 Å². The van der Waals surface area contributed by atoms with Gasteiger partial charge in [0.2, 0.25) is 5.76 Å². The van der Waals surface area contributed by atoms with Gasteiger partial charge in [-0.15, -0.1) is 0 Å². The van der Waals surface area contributed by atoms with Crippen molar-refractivity contribution in [1.29, 1.82) is 0 Å². The molecule has 1 saturated heterocycles. The van der Waals surface area contributed by atoms with Gasteiger partial charge in [-0.1, -0.05) is 0 Å². The van der Waals surface area contributed by atoms with Crippen LogP contribution in [-0.2, 0) is 6.54 Å². The lowest BCUT2D eigenvalue weighted by Gasteiger charge is -2.32. The molecule has 1 fully saturated rings. The summed E-state index contributed by atoms with van der Waals surface area (Å²) in [4.78, 5) is 13.1. The van der Waals surface area contributed by atoms with Crippen LogP contribution in [0, 0.1) is 12.8 Å². The molecule has 0 aromatic carbocycles. The SMILES string of the molecule is Cc1cc(CN2CCC(C(C)O)CC2)oc1C(=O)O. The van der Waals surface area contributed by atoms with Crippen molar-refractivity contribution in [3.8, 4) is 0 Å². The number of hydrogen-bond acceptors (Lipinski definition) is 4. The van der Waals surface area contributed by atoms with Gasteiger partial charge in [0.15, 0.2) is 0 Å². The summed E-state index contributed by atoms with van der Waals surface area (Å²) in [6.45, 7) is 6.06. The van der Waals surface area contributed by atoms with Gasteiger partial charge >= 0.3 is 5.97 Å². The molecule has 19 heavy (non-hydrogen) atoms. The highest BCUT2D eigenvalue weighted by Gasteiger charge is 2.24. The fraction of sp³-hybridized carbons (Fsp3) is 0.643. The molecule has 0 saturated carbocycles. The molecule has 1 aliphatic rings. The van der Waals surface area contributed by atoms with E-state index in [9.17, 15) is 9.90 Å². The van der Waals surface area contributed by atoms with Crippen LogP contribution >= 0.6 is 0 Å². The van der Waals surface area contributed by atoms with Gasteiger partial charge in [-0.3, -0.25) is 4.90 Å². The van der Waals surface area contributed by atoms with Crippen LogP contribution in [0.2, 0.25) is 0 Å². The lowest BCUT2D eigenvalue weighted by Crippen LogP contribution is -2.36. The Labute approximate surface area is 112 Å². The number of aromatic carboxylic acids is 1. The van der Waals surface area contributed by atoms with Gasteiger partial charge in [0, 0.05) is 5.56 Å². The number of aryl methyl sites for hydroxylation is 1. The minimum absolute atomic E-state index is 0.0360. The summed E-state index contributed by atoms with van der Waals surface area (Å²) in [6, 6.07) is 1.80. The van der Waals surface area contributed by atoms with E-state index in [2.05, 4.69) is 4.90 Å². The summed E-state index contributed by atoms with van der Waals surface area (Å²) in [7, 11) is 0. The first-order chi connectivity index (χ1) is 8.97. The topological polar surface area (TPSA) is 73.9 Å². The van der Waals surface area contributed by atoms with Crippen LogP contribution in [0.15, 0.2) is 10.5 Å². The Kier molecular flexibility index (Phi) is 4.27. The Bertz CT molecular complexity index is 444. The zero-order chi connectivity index (χ0) is 14.0. The Morgan fingerprint density at radius 3 is 2.63 bits per heavy atom. The van der Waals surface area contributed by atoms with E-state index in [1.807, 2.05) is 6.92 Å². The maximum absolute atomic E-state index is 10.9. The first-order valence-corrected chi connectivity index (χ1v) is 6.70. The Morgan fingerprint density at radius 2 is 2.16 bits per heavy atom. The molecular formula is C14H21NO4. The average molecular weight is 267 g/mol. The average Bonchev–Trinajstić information content (AvgIpc) is 2.71. The summed E-state index contributed by atoms with van der Waals surface area (Å²) in [5.74, 6) is 0.0972. The highest BCUT2D eigenvalue weighted by Crippen LogP contribution is 2.23. The Hall–Kier alpha value is -1.33. The number of furan rings is 1. The van der Waals surface area contributed by atoms with Gasteiger partial charge in [-0.25, -0.2) is 4.79 Å². The molecule has 0 amide bonds. The quantitative estimate of drug-likeness (QED) is 0.871. The maximum Gasteiger partial charge on any atom is 0.372 e. The molecule has 106 valence electrons. The van der Waals surface area contributed by atoms with Crippen LogP contribution in [0.4, 0.5) is 0 Å². The maximum atomic E-state index is 10.9. The lowest BCUT2D eigenvalue weighted by molar-refractivity contribution is 0.0627. The molecule has 2 N–H and O–H groups in total. The first kappa shape index (κ1) is 14.1. The summed E-state index contributed by atoms with van der Waals surface area (Å²) < 4.78 is 5.36. The van der Waals surface area contributed by atoms with Gasteiger partial charge in [0.05, 0.1) is 12.6 Å². The van der Waals surface area contributed by atoms with E-state index >= 15 is 0 Å². The molecule has 0 radical (unpaired) electrons. The Balaban J connectivity index is 1.92. The second-order valence-corrected chi connectivity index (χ2v) is 5.38. The number of carboxylic acid groups (broad SMARTS) is 1. The number of carboxylic acids is 1. The molecule has 1 aliphatic heterocycles. The van der Waals surface area contributed by atoms with Crippen LogP contribution in [-0.4, -0.2) is 40.3 Å². The van der Waals surface area contributed by atoms with Crippen molar-refractivity contribution in [2.75, 3.05) is 13.1 Å². The molecule has 1 aromatic rings. The van der Waals surface area contributed by atoms with Crippen LogP contribution < -0.4 is 0 Å². The molecule has 0 aliphatic carbocycles. The molecule has 2 rings (SSSR count). The van der Waals surface area contributed by atoms with E-state index in [1.165, 1.54) is 0 Å². The molecule has 1 atom stereocenters. The van der Waals surface area contributed by atoms with Gasteiger partial charge in [-0.2, -0.15) is 0 Å². The molecule has 2 heterocycles. The molecule has 0 bridgehead atoms. The van der Waals surface area contributed by atoms with Gasteiger partial charge < -0.3 is 14.6 Å². The van der Waals surface area contributed by atoms with Gasteiger partial charge in [0.1, 0.15) is 5.76 Å². The first-order valence-electron chi connectivity index (χ1n) is 6.70. The van der Waals surface area contributed by atoms with Crippen molar-refractivity contribution in [3.63, 3.8) is 0 Å². The third-order valence-corrected chi connectivity index (χ3v) is 3.86. The van der Waals surface area contributed by atoms with E-state index in [0.717, 1.165) is 25.9 Å². The van der Waals surface area contributed by atoms with Crippen LogP contribution in [0.25, 0.3) is 0 Å². The van der Waals surface area contributed by atoms with Crippen molar-refractivity contribution in [2.24, 2.45) is 5.92 Å². The summed E-state index contributed by atoms with van der Waals surface area (Å²) in [5.41, 5.74) is 0.668. The minimum atomic E-state index is -1.02. The number of hydrogen-bond donors (Lipinski definition) is 2. The van der Waals surface area contributed by atoms with Crippen LogP contribution in [0.5, 0.6) is 0 Å². The summed E-state index contributed by atoms with van der Waals surface area (Å²) in [6.07, 6.45) is 1.71. The van der Waals surface area contributed by atoms with Gasteiger partial charge in [-0.05, 0) is 51.8 Å². The highest BCUT2D eigenvalue weighted by molar-refractivity contribution is 5.86. The Morgan fingerprint density at radius 1 is 1.53 bits per heavy atom. The zero-order valence-electron chi connectivity index (χ0n) is 11.4. The number of likely N-dealkylation sites (tertiary alicyclic amines) is 1. The number of rotatable bonds is 4. The fourth-order valence-electron chi connectivity index (χ4n) is 2.65. The van der Waals surface area contributed by atoms with Crippen molar-refractivity contribution in [1.82, 2.24) is 4.90 Å². The largest absolute Gasteiger partial charge is 0.475 e. The predicted octanol–water partition coefficient (Wildman–Crippen LogP) is 1.88. The molecule has 5 nitrogen and oxygen atoms in total. The third-order valence-electron chi connectivity index (χ3n) is 3.86. The zero-order valence-corrected chi connectivity index (χ0v) is 11.4. The number of piperidine rings is 1. The van der Waals surface area contributed by atoms with E-state index in [1.54, 1.807) is 13.0 Å². The molecule has 5 heteroatoms. The highest BCUT2D eigenvalue weighted by atomic mass is 16.4. The van der Waals surface area contributed by atoms with E-state index in [0.29, 0.717) is 23.8 Å². The van der Waals surface area contributed by atoms with Crippen molar-refractivity contribution < 1.29 is 19.4 Å². The summed E-state index contributed by atoms with van der Waals surface area (Å²) in [5, 5.41) is 18.5. The second-order valence-electron chi connectivity index (χ2n) is 5.38. The number of nitrogens with zero attached hydrogens (tertiary/aromatic N) is 1. The monoisotopic (exact) mass is 267 g/mol.